The van der Waals surface area contributed by atoms with Crippen LogP contribution in [0.5, 0.6) is 0 Å². The maximum absolute atomic E-state index is 9.94. The number of aliphatic hydroxyl groups is 2. The number of hydrogen-bond acceptors (Lipinski definition) is 4. The number of aliphatic hydroxyl groups excluding tert-OH is 2. The number of H-pyrrole nitrogens is 1. The van der Waals surface area contributed by atoms with E-state index in [1.54, 1.807) is 0 Å². The Labute approximate surface area is 213 Å². The van der Waals surface area contributed by atoms with Crippen LogP contribution in [0.4, 0.5) is 0 Å². The van der Waals surface area contributed by atoms with Gasteiger partial charge < -0.3 is 20.5 Å². The summed E-state index contributed by atoms with van der Waals surface area (Å²) in [6.45, 7) is 14.2. The summed E-state index contributed by atoms with van der Waals surface area (Å²) in [6.07, 6.45) is 15.5. The smallest absolute Gasteiger partial charge is 0.120 e. The van der Waals surface area contributed by atoms with E-state index in [9.17, 15) is 10.2 Å². The molecular formula is C30H51N3O2. The Morgan fingerprint density at radius 2 is 1.89 bits per heavy atom. The summed E-state index contributed by atoms with van der Waals surface area (Å²) in [5, 5.41) is 22.8. The van der Waals surface area contributed by atoms with Crippen LogP contribution >= 0.6 is 0 Å². The van der Waals surface area contributed by atoms with E-state index in [0.717, 1.165) is 56.1 Å². The molecule has 198 valence electrons. The Bertz CT molecular complexity index is 862. The molecule has 1 aromatic heterocycles. The van der Waals surface area contributed by atoms with E-state index < -0.39 is 0 Å². The van der Waals surface area contributed by atoms with Crippen molar-refractivity contribution < 1.29 is 10.2 Å². The molecule has 4 aliphatic rings. The van der Waals surface area contributed by atoms with Gasteiger partial charge in [-0.25, -0.2) is 4.98 Å². The molecule has 1 aromatic rings. The van der Waals surface area contributed by atoms with E-state index in [4.69, 9.17) is 0 Å². The van der Waals surface area contributed by atoms with Gasteiger partial charge >= 0.3 is 0 Å². The second-order valence-electron chi connectivity index (χ2n) is 11.6. The number of aromatic amines is 1. The summed E-state index contributed by atoms with van der Waals surface area (Å²) in [4.78, 5) is 7.75. The van der Waals surface area contributed by atoms with Crippen LogP contribution < -0.4 is 5.32 Å². The molecule has 4 N–H and O–H groups in total. The van der Waals surface area contributed by atoms with Crippen LogP contribution in [-0.4, -0.2) is 39.9 Å². The molecule has 1 heterocycles. The number of aromatic nitrogens is 2. The lowest BCUT2D eigenvalue weighted by Crippen LogP contribution is -2.46. The molecule has 6 atom stereocenters. The van der Waals surface area contributed by atoms with Gasteiger partial charge in [0.05, 0.1) is 18.3 Å². The monoisotopic (exact) mass is 485 g/mol. The molecule has 3 fully saturated rings. The Balaban J connectivity index is 0.000000207. The number of aryl methyl sites for hydroxylation is 1. The van der Waals surface area contributed by atoms with Crippen LogP contribution in [-0.2, 0) is 13.0 Å². The van der Waals surface area contributed by atoms with E-state index in [1.807, 2.05) is 20.9 Å². The predicted octanol–water partition coefficient (Wildman–Crippen LogP) is 6.03. The molecule has 3 saturated carbocycles. The average molecular weight is 486 g/mol. The van der Waals surface area contributed by atoms with E-state index in [-0.39, 0.29) is 24.0 Å². The van der Waals surface area contributed by atoms with Crippen LogP contribution in [0.15, 0.2) is 18.2 Å². The SMILES string of the molecule is C=C1CCC2CC(C3(C)CCC(O)CC3CO)CCC12C.CC.CNCc1nc2c([nH]1)CCC=C2. The lowest BCUT2D eigenvalue weighted by molar-refractivity contribution is -0.0661. The Hall–Kier alpha value is -1.43. The second kappa shape index (κ2) is 12.2. The zero-order valence-electron chi connectivity index (χ0n) is 23.0. The molecule has 0 aliphatic heterocycles. The third kappa shape index (κ3) is 5.94. The van der Waals surface area contributed by atoms with Crippen LogP contribution in [0.2, 0.25) is 0 Å². The highest BCUT2D eigenvalue weighted by molar-refractivity contribution is 5.50. The van der Waals surface area contributed by atoms with Gasteiger partial charge in [-0.1, -0.05) is 45.9 Å². The van der Waals surface area contributed by atoms with Crippen molar-refractivity contribution >= 4 is 6.08 Å². The van der Waals surface area contributed by atoms with Crippen molar-refractivity contribution in [2.24, 2.45) is 28.6 Å². The van der Waals surface area contributed by atoms with Crippen LogP contribution in [0.1, 0.15) is 103 Å². The van der Waals surface area contributed by atoms with Gasteiger partial charge in [-0.2, -0.15) is 0 Å². The van der Waals surface area contributed by atoms with Crippen LogP contribution in [0, 0.1) is 28.6 Å². The maximum Gasteiger partial charge on any atom is 0.120 e. The van der Waals surface area contributed by atoms with Crippen molar-refractivity contribution in [2.75, 3.05) is 13.7 Å². The summed E-state index contributed by atoms with van der Waals surface area (Å²) in [6, 6.07) is 0. The van der Waals surface area contributed by atoms with E-state index in [2.05, 4.69) is 47.9 Å². The minimum Gasteiger partial charge on any atom is -0.396 e. The first kappa shape index (κ1) is 28.1. The second-order valence-corrected chi connectivity index (χ2v) is 11.6. The van der Waals surface area contributed by atoms with Crippen molar-refractivity contribution in [1.82, 2.24) is 15.3 Å². The summed E-state index contributed by atoms with van der Waals surface area (Å²) >= 11 is 0. The highest BCUT2D eigenvalue weighted by Crippen LogP contribution is 2.61. The molecule has 0 bridgehead atoms. The third-order valence-corrected chi connectivity index (χ3v) is 9.78. The first-order valence-corrected chi connectivity index (χ1v) is 14.2. The minimum atomic E-state index is -0.199. The molecule has 0 radical (unpaired) electrons. The highest BCUT2D eigenvalue weighted by Gasteiger charge is 2.52. The van der Waals surface area contributed by atoms with Crippen molar-refractivity contribution in [2.45, 2.75) is 105 Å². The summed E-state index contributed by atoms with van der Waals surface area (Å²) < 4.78 is 0. The van der Waals surface area contributed by atoms with Gasteiger partial charge in [0, 0.05) is 12.3 Å². The predicted molar refractivity (Wildman–Crippen MR) is 146 cm³/mol. The Kier molecular flexibility index (Phi) is 9.82. The first-order chi connectivity index (χ1) is 16.8. The fourth-order valence-corrected chi connectivity index (χ4v) is 7.23. The zero-order valence-corrected chi connectivity index (χ0v) is 23.0. The topological polar surface area (TPSA) is 81.2 Å². The van der Waals surface area contributed by atoms with Gasteiger partial charge in [-0.3, -0.25) is 0 Å². The van der Waals surface area contributed by atoms with Crippen molar-refractivity contribution in [3.05, 3.63) is 35.4 Å². The van der Waals surface area contributed by atoms with Gasteiger partial charge in [-0.05, 0) is 106 Å². The normalized spacial score (nSPS) is 35.8. The molecule has 5 heteroatoms. The number of nitrogens with one attached hydrogen (secondary N) is 2. The van der Waals surface area contributed by atoms with Gasteiger partial charge in [0.2, 0.25) is 0 Å². The van der Waals surface area contributed by atoms with Gasteiger partial charge in [0.25, 0.3) is 0 Å². The number of imidazole rings is 1. The summed E-state index contributed by atoms with van der Waals surface area (Å²) in [7, 11) is 1.93. The standard InChI is InChI=1S/C19H32O2.C9H13N3.C2H6/c1-13-4-5-14-10-15(6-8-18(13,14)2)19(3)9-7-17(21)11-16(19)12-20;1-10-6-9-11-7-4-2-3-5-8(7)12-9;1-2/h14-17,20-21H,1,4-12H2,2-3H3;2,4,10H,3,5-6H2,1H3,(H,11,12);1-2H3. The Morgan fingerprint density at radius 3 is 2.57 bits per heavy atom. The summed E-state index contributed by atoms with van der Waals surface area (Å²) in [5.41, 5.74) is 4.48. The molecular weight excluding hydrogens is 434 g/mol. The molecule has 5 nitrogen and oxygen atoms in total. The lowest BCUT2D eigenvalue weighted by Gasteiger charge is -2.52. The highest BCUT2D eigenvalue weighted by atomic mass is 16.3. The first-order valence-electron chi connectivity index (χ1n) is 14.2. The fraction of sp³-hybridized carbons (Fsp3) is 0.767. The van der Waals surface area contributed by atoms with Crippen molar-refractivity contribution in [1.29, 1.82) is 0 Å². The van der Waals surface area contributed by atoms with Crippen LogP contribution in [0.25, 0.3) is 6.08 Å². The molecule has 0 spiro atoms. The van der Waals surface area contributed by atoms with E-state index in [1.165, 1.54) is 43.4 Å². The van der Waals surface area contributed by atoms with Gasteiger partial charge in [-0.15, -0.1) is 0 Å². The van der Waals surface area contributed by atoms with Crippen molar-refractivity contribution in [3.8, 4) is 0 Å². The number of nitrogens with zero attached hydrogens (tertiary/aromatic N) is 1. The quantitative estimate of drug-likeness (QED) is 0.392. The molecule has 6 unspecified atom stereocenters. The number of hydrogen-bond donors (Lipinski definition) is 4. The number of allylic oxidation sites excluding steroid dienone is 2. The zero-order chi connectivity index (χ0) is 25.6. The largest absolute Gasteiger partial charge is 0.396 e. The maximum atomic E-state index is 9.94. The van der Waals surface area contributed by atoms with E-state index >= 15 is 0 Å². The van der Waals surface area contributed by atoms with Crippen LogP contribution in [0.3, 0.4) is 0 Å². The van der Waals surface area contributed by atoms with E-state index in [0.29, 0.717) is 11.3 Å². The molecule has 0 saturated heterocycles. The molecule has 35 heavy (non-hydrogen) atoms. The Morgan fingerprint density at radius 1 is 1.11 bits per heavy atom. The average Bonchev–Trinajstić information content (AvgIpc) is 3.42. The fourth-order valence-electron chi connectivity index (χ4n) is 7.23. The van der Waals surface area contributed by atoms with Gasteiger partial charge in [0.15, 0.2) is 0 Å². The molecule has 0 aromatic carbocycles. The third-order valence-electron chi connectivity index (χ3n) is 9.78. The molecule has 0 amide bonds. The summed E-state index contributed by atoms with van der Waals surface area (Å²) in [5.74, 6) is 2.83. The van der Waals surface area contributed by atoms with Crippen molar-refractivity contribution in [3.63, 3.8) is 0 Å². The number of rotatable bonds is 4. The minimum absolute atomic E-state index is 0.199. The molecule has 5 rings (SSSR count). The molecule has 4 aliphatic carbocycles. The lowest BCUT2D eigenvalue weighted by atomic mass is 9.53. The number of fused-ring (bicyclic) bond motifs is 2. The van der Waals surface area contributed by atoms with Gasteiger partial charge in [0.1, 0.15) is 5.82 Å².